The van der Waals surface area contributed by atoms with Gasteiger partial charge in [-0.3, -0.25) is 9.59 Å². The summed E-state index contributed by atoms with van der Waals surface area (Å²) < 4.78 is 4.60. The standard InChI is InChI=1S/C19H17NO6/c1-26-19(25)14-6-2-12(3-7-14)5-9-17(22)20-15-10-13(11-18(23)24)4-8-16(15)21/h2-10,21H,11H2,1H3,(H,20,22)(H,23,24)/b9-5+. The van der Waals surface area contributed by atoms with Crippen molar-refractivity contribution >= 4 is 29.6 Å². The number of phenols is 1. The number of benzene rings is 2. The van der Waals surface area contributed by atoms with Gasteiger partial charge in [0.15, 0.2) is 0 Å². The van der Waals surface area contributed by atoms with E-state index in [2.05, 4.69) is 10.1 Å². The molecule has 0 atom stereocenters. The van der Waals surface area contributed by atoms with Crippen molar-refractivity contribution in [2.24, 2.45) is 0 Å². The number of carbonyl (C=O) groups is 3. The molecule has 3 N–H and O–H groups in total. The van der Waals surface area contributed by atoms with Gasteiger partial charge in [-0.25, -0.2) is 4.79 Å². The quantitative estimate of drug-likeness (QED) is 0.417. The van der Waals surface area contributed by atoms with E-state index in [9.17, 15) is 19.5 Å². The summed E-state index contributed by atoms with van der Waals surface area (Å²) in [5.74, 6) is -2.12. The number of phenolic OH excluding ortho intramolecular Hbond substituents is 1. The molecule has 0 fully saturated rings. The number of aliphatic carboxylic acids is 1. The molecule has 7 heteroatoms. The van der Waals surface area contributed by atoms with Crippen LogP contribution in [0, 0.1) is 0 Å². The summed E-state index contributed by atoms with van der Waals surface area (Å²) in [6.45, 7) is 0. The molecule has 0 heterocycles. The summed E-state index contributed by atoms with van der Waals surface area (Å²) in [6, 6.07) is 10.7. The van der Waals surface area contributed by atoms with Gasteiger partial charge in [0.25, 0.3) is 0 Å². The van der Waals surface area contributed by atoms with E-state index in [0.29, 0.717) is 16.7 Å². The van der Waals surface area contributed by atoms with Gasteiger partial charge in [-0.1, -0.05) is 18.2 Å². The number of nitrogens with one attached hydrogen (secondary N) is 1. The number of esters is 1. The van der Waals surface area contributed by atoms with Crippen LogP contribution in [0.15, 0.2) is 48.5 Å². The maximum atomic E-state index is 12.0. The maximum Gasteiger partial charge on any atom is 0.337 e. The molecule has 0 aromatic heterocycles. The minimum absolute atomic E-state index is 0.124. The third-order valence-electron chi connectivity index (χ3n) is 3.43. The van der Waals surface area contributed by atoms with Gasteiger partial charge in [0.2, 0.25) is 5.91 Å². The maximum absolute atomic E-state index is 12.0. The van der Waals surface area contributed by atoms with Crippen LogP contribution >= 0.6 is 0 Å². The number of anilines is 1. The first-order chi connectivity index (χ1) is 12.4. The van der Waals surface area contributed by atoms with E-state index < -0.39 is 17.8 Å². The van der Waals surface area contributed by atoms with Crippen LogP contribution in [-0.4, -0.2) is 35.2 Å². The van der Waals surface area contributed by atoms with Crippen molar-refractivity contribution in [3.8, 4) is 5.75 Å². The fourth-order valence-electron chi connectivity index (χ4n) is 2.16. The van der Waals surface area contributed by atoms with Gasteiger partial charge in [0.1, 0.15) is 5.75 Å². The molecule has 0 aliphatic heterocycles. The van der Waals surface area contributed by atoms with Crippen molar-refractivity contribution in [2.75, 3.05) is 12.4 Å². The summed E-state index contributed by atoms with van der Waals surface area (Å²) in [7, 11) is 1.29. The Bertz CT molecular complexity index is 855. The highest BCUT2D eigenvalue weighted by Gasteiger charge is 2.08. The van der Waals surface area contributed by atoms with Gasteiger partial charge in [-0.05, 0) is 41.5 Å². The molecule has 2 rings (SSSR count). The number of carboxylic acid groups (broad SMARTS) is 1. The smallest absolute Gasteiger partial charge is 0.337 e. The first-order valence-electron chi connectivity index (χ1n) is 7.60. The first kappa shape index (κ1) is 18.7. The summed E-state index contributed by atoms with van der Waals surface area (Å²) in [5.41, 5.74) is 1.67. The topological polar surface area (TPSA) is 113 Å². The van der Waals surface area contributed by atoms with Gasteiger partial charge >= 0.3 is 11.9 Å². The van der Waals surface area contributed by atoms with Crippen molar-refractivity contribution in [3.05, 3.63) is 65.2 Å². The molecule has 0 aliphatic carbocycles. The summed E-state index contributed by atoms with van der Waals surface area (Å²) in [4.78, 5) is 34.1. The minimum atomic E-state index is -1.01. The summed E-state index contributed by atoms with van der Waals surface area (Å²) in [6.07, 6.45) is 2.58. The van der Waals surface area contributed by atoms with Crippen molar-refractivity contribution < 1.29 is 29.3 Å². The Morgan fingerprint density at radius 3 is 2.42 bits per heavy atom. The van der Waals surface area contributed by atoms with Gasteiger partial charge in [0, 0.05) is 6.08 Å². The lowest BCUT2D eigenvalue weighted by Gasteiger charge is -2.07. The number of hydrogen-bond donors (Lipinski definition) is 3. The Morgan fingerprint density at radius 2 is 1.81 bits per heavy atom. The molecule has 134 valence electrons. The molecule has 1 amide bonds. The molecule has 0 radical (unpaired) electrons. The SMILES string of the molecule is COC(=O)c1ccc(/C=C/C(=O)Nc2cc(CC(=O)O)ccc2O)cc1. The average Bonchev–Trinajstić information content (AvgIpc) is 2.62. The Morgan fingerprint density at radius 1 is 1.12 bits per heavy atom. The van der Waals surface area contributed by atoms with E-state index in [-0.39, 0.29) is 17.9 Å². The van der Waals surface area contributed by atoms with Crippen molar-refractivity contribution in [1.29, 1.82) is 0 Å². The highest BCUT2D eigenvalue weighted by atomic mass is 16.5. The summed E-state index contributed by atoms with van der Waals surface area (Å²) >= 11 is 0. The van der Waals surface area contributed by atoms with E-state index in [1.165, 1.54) is 37.5 Å². The number of ether oxygens (including phenoxy) is 1. The van der Waals surface area contributed by atoms with E-state index in [1.807, 2.05) is 0 Å². The second kappa shape index (κ2) is 8.48. The Kier molecular flexibility index (Phi) is 6.10. The summed E-state index contributed by atoms with van der Waals surface area (Å²) in [5, 5.41) is 21.1. The van der Waals surface area contributed by atoms with Gasteiger partial charge in [0.05, 0.1) is 24.8 Å². The van der Waals surface area contributed by atoms with Crippen LogP contribution in [0.1, 0.15) is 21.5 Å². The number of carboxylic acids is 1. The van der Waals surface area contributed by atoms with Crippen LogP contribution < -0.4 is 5.32 Å². The molecule has 0 bridgehead atoms. The fraction of sp³-hybridized carbons (Fsp3) is 0.105. The Labute approximate surface area is 149 Å². The zero-order chi connectivity index (χ0) is 19.1. The average molecular weight is 355 g/mol. The second-order valence-electron chi connectivity index (χ2n) is 5.36. The molecule has 2 aromatic carbocycles. The molecule has 0 unspecified atom stereocenters. The lowest BCUT2D eigenvalue weighted by atomic mass is 10.1. The number of hydrogen-bond acceptors (Lipinski definition) is 5. The number of carbonyl (C=O) groups excluding carboxylic acids is 2. The molecular weight excluding hydrogens is 338 g/mol. The lowest BCUT2D eigenvalue weighted by molar-refractivity contribution is -0.136. The van der Waals surface area contributed by atoms with Crippen molar-refractivity contribution in [3.63, 3.8) is 0 Å². The first-order valence-corrected chi connectivity index (χ1v) is 7.60. The Balaban J connectivity index is 2.05. The highest BCUT2D eigenvalue weighted by molar-refractivity contribution is 6.02. The van der Waals surface area contributed by atoms with Crippen molar-refractivity contribution in [2.45, 2.75) is 6.42 Å². The van der Waals surface area contributed by atoms with E-state index >= 15 is 0 Å². The molecule has 2 aromatic rings. The minimum Gasteiger partial charge on any atom is -0.506 e. The number of amides is 1. The Hall–Kier alpha value is -3.61. The number of aromatic hydroxyl groups is 1. The monoisotopic (exact) mass is 355 g/mol. The number of methoxy groups -OCH3 is 1. The number of rotatable bonds is 6. The highest BCUT2D eigenvalue weighted by Crippen LogP contribution is 2.24. The van der Waals surface area contributed by atoms with Gasteiger partial charge in [-0.15, -0.1) is 0 Å². The van der Waals surface area contributed by atoms with Gasteiger partial charge in [-0.2, -0.15) is 0 Å². The molecule has 0 aliphatic rings. The molecule has 0 spiro atoms. The van der Waals surface area contributed by atoms with Crippen LogP contribution in [-0.2, 0) is 20.7 Å². The zero-order valence-electron chi connectivity index (χ0n) is 13.9. The van der Waals surface area contributed by atoms with E-state index in [0.717, 1.165) is 0 Å². The van der Waals surface area contributed by atoms with Gasteiger partial charge < -0.3 is 20.3 Å². The fourth-order valence-corrected chi connectivity index (χ4v) is 2.16. The second-order valence-corrected chi connectivity index (χ2v) is 5.36. The lowest BCUT2D eigenvalue weighted by Crippen LogP contribution is -2.09. The van der Waals surface area contributed by atoms with Crippen LogP contribution in [0.25, 0.3) is 6.08 Å². The van der Waals surface area contributed by atoms with Crippen LogP contribution in [0.4, 0.5) is 5.69 Å². The van der Waals surface area contributed by atoms with Crippen LogP contribution in [0.2, 0.25) is 0 Å². The molecule has 7 nitrogen and oxygen atoms in total. The molecule has 0 saturated heterocycles. The zero-order valence-corrected chi connectivity index (χ0v) is 13.9. The third kappa shape index (κ3) is 5.20. The van der Waals surface area contributed by atoms with Crippen LogP contribution in [0.5, 0.6) is 5.75 Å². The molecule has 26 heavy (non-hydrogen) atoms. The predicted octanol–water partition coefficient (Wildman–Crippen LogP) is 2.46. The van der Waals surface area contributed by atoms with E-state index in [4.69, 9.17) is 5.11 Å². The molecule has 0 saturated carbocycles. The predicted molar refractivity (Wildman–Crippen MR) is 94.9 cm³/mol. The van der Waals surface area contributed by atoms with Crippen molar-refractivity contribution in [1.82, 2.24) is 0 Å². The largest absolute Gasteiger partial charge is 0.506 e. The normalized spacial score (nSPS) is 10.5. The molecular formula is C19H17NO6. The van der Waals surface area contributed by atoms with E-state index in [1.54, 1.807) is 24.3 Å². The third-order valence-corrected chi connectivity index (χ3v) is 3.43. The van der Waals surface area contributed by atoms with Crippen LogP contribution in [0.3, 0.4) is 0 Å².